The largest absolute Gasteiger partial charge is 0.481 e. The van der Waals surface area contributed by atoms with Gasteiger partial charge in [-0.05, 0) is 133 Å². The number of Topliss-reactive ketones (excluding diaryl/α,β-unsaturated/α-hetero) is 1. The Kier molecular flexibility index (Phi) is 11.1. The Morgan fingerprint density at radius 2 is 1.53 bits per heavy atom. The Morgan fingerprint density at radius 3 is 2.15 bits per heavy atom. The minimum Gasteiger partial charge on any atom is -0.481 e. The molecule has 0 unspecified atom stereocenters. The Balaban J connectivity index is 1.08. The van der Waals surface area contributed by atoms with Crippen molar-refractivity contribution >= 4 is 41.1 Å². The molecule has 60 heavy (non-hydrogen) atoms. The van der Waals surface area contributed by atoms with Crippen LogP contribution < -0.4 is 10.6 Å². The van der Waals surface area contributed by atoms with Crippen molar-refractivity contribution in [3.63, 3.8) is 0 Å². The number of ether oxygens (including phenoxy) is 1. The second-order valence-corrected chi connectivity index (χ2v) is 22.3. The molecule has 0 heterocycles. The summed E-state index contributed by atoms with van der Waals surface area (Å²) in [5.74, 6) is -2.93. The number of carbonyl (C=O) groups is 5. The number of alkyl halides is 2. The summed E-state index contributed by atoms with van der Waals surface area (Å²) in [6, 6.07) is 1.87. The van der Waals surface area contributed by atoms with Crippen molar-refractivity contribution in [2.75, 3.05) is 6.54 Å². The zero-order chi connectivity index (χ0) is 44.2. The highest BCUT2D eigenvalue weighted by atomic mass is 35.5. The van der Waals surface area contributed by atoms with Crippen LogP contribution in [0.3, 0.4) is 0 Å². The van der Waals surface area contributed by atoms with E-state index >= 15 is 8.78 Å². The van der Waals surface area contributed by atoms with Gasteiger partial charge >= 0.3 is 18.0 Å². The number of rotatable bonds is 10. The van der Waals surface area contributed by atoms with Crippen LogP contribution in [0.2, 0.25) is 5.02 Å². The number of ketones is 1. The minimum absolute atomic E-state index is 0.0184. The molecule has 10 atom stereocenters. The maximum absolute atomic E-state index is 15.1. The summed E-state index contributed by atoms with van der Waals surface area (Å²) >= 11 is 5.88. The molecule has 0 bridgehead atoms. The molecule has 2 amide bonds. The van der Waals surface area contributed by atoms with Gasteiger partial charge in [0.2, 0.25) is 5.91 Å². The SMILES string of the molecule is CC(C)C1=C2[C@H]3CC[C@@H]4[C@@]5(C)CC[C@H](OC(=O)[C@H]6C[C@@H](C(=O)O)C6(C)C)C(C)(C)[C@@H]5CC[C@@]4(C)[C@]3(C)CC[C@@]2(CC(=O)NCC(F)(F)NC(=O)c2ccc(Cl)cc2)CC1=O. The van der Waals surface area contributed by atoms with Crippen LogP contribution >= 0.6 is 11.6 Å². The predicted octanol–water partition coefficient (Wildman–Crippen LogP) is 9.81. The third kappa shape index (κ3) is 6.93. The van der Waals surface area contributed by atoms with Gasteiger partial charge in [-0.2, -0.15) is 8.78 Å². The fraction of sp³-hybridized carbons (Fsp3) is 0.729. The number of aliphatic carboxylic acids is 1. The van der Waals surface area contributed by atoms with E-state index < -0.39 is 53.0 Å². The molecule has 7 rings (SSSR count). The van der Waals surface area contributed by atoms with Crippen LogP contribution in [0.15, 0.2) is 35.4 Å². The van der Waals surface area contributed by atoms with Crippen LogP contribution in [0.5, 0.6) is 0 Å². The number of amides is 2. The summed E-state index contributed by atoms with van der Waals surface area (Å²) < 4.78 is 36.5. The van der Waals surface area contributed by atoms with Gasteiger partial charge in [-0.15, -0.1) is 0 Å². The van der Waals surface area contributed by atoms with E-state index in [1.807, 2.05) is 27.7 Å². The molecule has 0 spiro atoms. The highest BCUT2D eigenvalue weighted by Crippen LogP contribution is 2.77. The fourth-order valence-electron chi connectivity index (χ4n) is 14.6. The molecule has 12 heteroatoms. The molecule has 3 N–H and O–H groups in total. The monoisotopic (exact) mass is 854 g/mol. The van der Waals surface area contributed by atoms with Crippen LogP contribution in [0, 0.1) is 68.0 Å². The standard InChI is InChI=1S/C48H65ClF2N2O7/c1-26(2)37-32(54)23-47(24-36(55)52-25-48(50,51)53-39(56)27-10-12-28(49)13-11-27)21-20-45(8)29(38(37)47)14-15-34-44(7)18-17-35(43(5,6)33(44)16-19-46(34,45)9)60-41(59)31-22-30(40(57)58)42(31,3)4/h10-13,26,29-31,33-35H,14-25H2,1-9H3,(H,52,55)(H,53,56)(H,57,58)/t29-,30+,31-,33+,34-,35+,44+,45-,46-,47+/m1/s1. The summed E-state index contributed by atoms with van der Waals surface area (Å²) in [5, 5.41) is 14.1. The Bertz CT molecular complexity index is 2000. The molecule has 0 saturated heterocycles. The van der Waals surface area contributed by atoms with Gasteiger partial charge in [0.15, 0.2) is 5.78 Å². The molecular formula is C48H65ClF2N2O7. The zero-order valence-corrected chi connectivity index (χ0v) is 37.6. The molecule has 9 nitrogen and oxygen atoms in total. The minimum atomic E-state index is -3.71. The average molecular weight is 856 g/mol. The van der Waals surface area contributed by atoms with E-state index in [-0.39, 0.29) is 69.8 Å². The maximum atomic E-state index is 15.1. The van der Waals surface area contributed by atoms with Gasteiger partial charge < -0.3 is 15.2 Å². The molecule has 6 aliphatic carbocycles. The van der Waals surface area contributed by atoms with Gasteiger partial charge in [-0.25, -0.2) is 0 Å². The van der Waals surface area contributed by atoms with Crippen LogP contribution in [-0.4, -0.2) is 53.3 Å². The van der Waals surface area contributed by atoms with Gasteiger partial charge in [0.25, 0.3) is 5.91 Å². The number of esters is 1. The number of fused-ring (bicyclic) bond motifs is 7. The van der Waals surface area contributed by atoms with E-state index in [0.717, 1.165) is 56.1 Å². The van der Waals surface area contributed by atoms with E-state index in [2.05, 4.69) is 39.9 Å². The number of hydrogen-bond donors (Lipinski definition) is 3. The van der Waals surface area contributed by atoms with Crippen LogP contribution in [0.4, 0.5) is 8.78 Å². The predicted molar refractivity (Wildman–Crippen MR) is 224 cm³/mol. The Hall–Kier alpha value is -3.34. The molecule has 5 saturated carbocycles. The first-order valence-electron chi connectivity index (χ1n) is 22.2. The van der Waals surface area contributed by atoms with E-state index in [1.165, 1.54) is 24.3 Å². The maximum Gasteiger partial charge on any atom is 0.342 e. The van der Waals surface area contributed by atoms with Crippen LogP contribution in [0.1, 0.15) is 143 Å². The van der Waals surface area contributed by atoms with Crippen molar-refractivity contribution in [1.29, 1.82) is 0 Å². The summed E-state index contributed by atoms with van der Waals surface area (Å²) in [5.41, 5.74) is -0.0617. The number of allylic oxidation sites excluding steroid dienone is 2. The first-order valence-corrected chi connectivity index (χ1v) is 22.6. The normalized spacial score (nSPS) is 37.8. The quantitative estimate of drug-likeness (QED) is 0.157. The number of nitrogens with one attached hydrogen (secondary N) is 2. The summed E-state index contributed by atoms with van der Waals surface area (Å²) in [4.78, 5) is 65.7. The van der Waals surface area contributed by atoms with Crippen molar-refractivity contribution in [1.82, 2.24) is 10.6 Å². The van der Waals surface area contributed by atoms with Gasteiger partial charge in [-0.3, -0.25) is 29.3 Å². The number of carboxylic acids is 1. The fourth-order valence-corrected chi connectivity index (χ4v) is 14.7. The van der Waals surface area contributed by atoms with Crippen LogP contribution in [0.25, 0.3) is 0 Å². The number of carbonyl (C=O) groups excluding carboxylic acids is 4. The van der Waals surface area contributed by atoms with Crippen molar-refractivity contribution in [2.45, 2.75) is 145 Å². The second-order valence-electron chi connectivity index (χ2n) is 21.9. The van der Waals surface area contributed by atoms with E-state index in [1.54, 1.807) is 5.32 Å². The summed E-state index contributed by atoms with van der Waals surface area (Å²) in [7, 11) is 0. The van der Waals surface area contributed by atoms with Crippen molar-refractivity contribution in [3.8, 4) is 0 Å². The lowest BCUT2D eigenvalue weighted by molar-refractivity contribution is -0.236. The smallest absolute Gasteiger partial charge is 0.342 e. The molecule has 6 aliphatic rings. The second kappa shape index (κ2) is 14.9. The van der Waals surface area contributed by atoms with E-state index in [4.69, 9.17) is 16.3 Å². The van der Waals surface area contributed by atoms with Gasteiger partial charge in [0, 0.05) is 34.3 Å². The number of halogens is 3. The highest BCUT2D eigenvalue weighted by molar-refractivity contribution is 6.30. The zero-order valence-electron chi connectivity index (χ0n) is 36.9. The third-order valence-corrected chi connectivity index (χ3v) is 18.3. The molecule has 0 aromatic heterocycles. The topological polar surface area (TPSA) is 139 Å². The first-order chi connectivity index (χ1) is 27.7. The average Bonchev–Trinajstić information content (AvgIpc) is 3.43. The lowest BCUT2D eigenvalue weighted by Crippen LogP contribution is -2.66. The van der Waals surface area contributed by atoms with Crippen molar-refractivity contribution < 1.29 is 42.6 Å². The molecule has 0 aliphatic heterocycles. The molecule has 1 aromatic rings. The molecule has 0 radical (unpaired) electrons. The summed E-state index contributed by atoms with van der Waals surface area (Å²) in [6.45, 7) is 18.5. The third-order valence-electron chi connectivity index (χ3n) is 18.0. The van der Waals surface area contributed by atoms with E-state index in [9.17, 15) is 29.1 Å². The molecular weight excluding hydrogens is 790 g/mol. The summed E-state index contributed by atoms with van der Waals surface area (Å²) in [6.07, 6.45) is 7.04. The van der Waals surface area contributed by atoms with Crippen LogP contribution in [-0.2, 0) is 23.9 Å². The van der Waals surface area contributed by atoms with Crippen molar-refractivity contribution in [3.05, 3.63) is 46.0 Å². The Morgan fingerprint density at radius 1 is 0.867 bits per heavy atom. The number of hydrogen-bond acceptors (Lipinski definition) is 6. The first kappa shape index (κ1) is 44.7. The van der Waals surface area contributed by atoms with E-state index in [0.29, 0.717) is 29.7 Å². The van der Waals surface area contributed by atoms with Gasteiger partial charge in [-0.1, -0.05) is 79.5 Å². The lowest BCUT2D eigenvalue weighted by Gasteiger charge is -2.72. The van der Waals surface area contributed by atoms with Gasteiger partial charge in [0.05, 0.1) is 11.8 Å². The highest BCUT2D eigenvalue weighted by Gasteiger charge is 2.70. The molecule has 330 valence electrons. The number of benzene rings is 1. The Labute approximate surface area is 358 Å². The number of carboxylic acid groups (broad SMARTS) is 1. The lowest BCUT2D eigenvalue weighted by atomic mass is 9.33. The van der Waals surface area contributed by atoms with Gasteiger partial charge in [0.1, 0.15) is 12.6 Å². The van der Waals surface area contributed by atoms with Crippen molar-refractivity contribution in [2.24, 2.45) is 68.0 Å². The molecule has 5 fully saturated rings. The molecule has 1 aromatic carbocycles.